The van der Waals surface area contributed by atoms with Gasteiger partial charge in [-0.25, -0.2) is 0 Å². The summed E-state index contributed by atoms with van der Waals surface area (Å²) in [4.78, 5) is 4.75. The van der Waals surface area contributed by atoms with Crippen molar-refractivity contribution in [2.45, 2.75) is 20.8 Å². The largest absolute Gasteiger partial charge is 0.256 e. The molecule has 0 saturated heterocycles. The molecule has 140 valence electrons. The van der Waals surface area contributed by atoms with E-state index in [4.69, 9.17) is 4.98 Å². The third-order valence-corrected chi connectivity index (χ3v) is 6.17. The molecular weight excluding hydrogens is 350 g/mol. The van der Waals surface area contributed by atoms with Crippen molar-refractivity contribution >= 4 is 21.5 Å². The SMILES string of the molecule is Cc1cc2c(ccc3c(-c4ccc(-c5ccccc5)cc4)nccc32)c(C)c1C. The zero-order valence-corrected chi connectivity index (χ0v) is 17.0. The van der Waals surface area contributed by atoms with Gasteiger partial charge in [-0.2, -0.15) is 0 Å². The number of aryl methyl sites for hydroxylation is 2. The summed E-state index contributed by atoms with van der Waals surface area (Å²) in [6, 6.07) is 28.2. The van der Waals surface area contributed by atoms with Crippen LogP contribution in [0.3, 0.4) is 0 Å². The highest BCUT2D eigenvalue weighted by molar-refractivity contribution is 6.12. The van der Waals surface area contributed by atoms with Gasteiger partial charge in [0.2, 0.25) is 0 Å². The third kappa shape index (κ3) is 2.91. The fourth-order valence-electron chi connectivity index (χ4n) is 4.26. The Hall–Kier alpha value is -3.45. The summed E-state index contributed by atoms with van der Waals surface area (Å²) in [5, 5.41) is 5.12. The van der Waals surface area contributed by atoms with Gasteiger partial charge in [-0.15, -0.1) is 0 Å². The van der Waals surface area contributed by atoms with Crippen LogP contribution in [0.1, 0.15) is 16.7 Å². The Kier molecular flexibility index (Phi) is 4.17. The molecule has 29 heavy (non-hydrogen) atoms. The molecule has 1 heterocycles. The number of hydrogen-bond acceptors (Lipinski definition) is 1. The molecule has 0 amide bonds. The average molecular weight is 373 g/mol. The molecule has 1 nitrogen and oxygen atoms in total. The van der Waals surface area contributed by atoms with Gasteiger partial charge in [-0.1, -0.05) is 72.8 Å². The highest BCUT2D eigenvalue weighted by Crippen LogP contribution is 2.35. The fraction of sp³-hybridized carbons (Fsp3) is 0.107. The predicted molar refractivity (Wildman–Crippen MR) is 124 cm³/mol. The van der Waals surface area contributed by atoms with E-state index >= 15 is 0 Å². The molecule has 1 heteroatoms. The van der Waals surface area contributed by atoms with Crippen LogP contribution in [-0.2, 0) is 0 Å². The van der Waals surface area contributed by atoms with E-state index in [-0.39, 0.29) is 0 Å². The molecular formula is C28H23N. The van der Waals surface area contributed by atoms with Crippen molar-refractivity contribution in [1.82, 2.24) is 4.98 Å². The Morgan fingerprint density at radius 1 is 0.517 bits per heavy atom. The first-order valence-corrected chi connectivity index (χ1v) is 10.1. The highest BCUT2D eigenvalue weighted by atomic mass is 14.7. The summed E-state index contributed by atoms with van der Waals surface area (Å²) >= 11 is 0. The molecule has 0 atom stereocenters. The first-order valence-electron chi connectivity index (χ1n) is 10.1. The van der Waals surface area contributed by atoms with Crippen molar-refractivity contribution in [3.05, 3.63) is 102 Å². The molecule has 0 bridgehead atoms. The second kappa shape index (κ2) is 6.86. The molecule has 0 N–H and O–H groups in total. The van der Waals surface area contributed by atoms with Gasteiger partial charge in [0.1, 0.15) is 0 Å². The molecule has 0 radical (unpaired) electrons. The summed E-state index contributed by atoms with van der Waals surface area (Å²) in [5.74, 6) is 0. The maximum atomic E-state index is 4.75. The van der Waals surface area contributed by atoms with Gasteiger partial charge < -0.3 is 0 Å². The third-order valence-electron chi connectivity index (χ3n) is 6.17. The van der Waals surface area contributed by atoms with Crippen LogP contribution in [0.15, 0.2) is 85.1 Å². The van der Waals surface area contributed by atoms with E-state index in [9.17, 15) is 0 Å². The van der Waals surface area contributed by atoms with Crippen LogP contribution < -0.4 is 0 Å². The van der Waals surface area contributed by atoms with Crippen molar-refractivity contribution in [3.63, 3.8) is 0 Å². The van der Waals surface area contributed by atoms with E-state index in [1.165, 1.54) is 49.4 Å². The summed E-state index contributed by atoms with van der Waals surface area (Å²) in [5.41, 5.74) is 8.73. The Morgan fingerprint density at radius 2 is 1.17 bits per heavy atom. The number of pyridine rings is 1. The lowest BCUT2D eigenvalue weighted by Gasteiger charge is -2.14. The maximum Gasteiger partial charge on any atom is 0.0780 e. The zero-order valence-electron chi connectivity index (χ0n) is 17.0. The summed E-state index contributed by atoms with van der Waals surface area (Å²) in [6.45, 7) is 6.63. The standard InChI is InChI=1S/C28H23N/c1-18-17-27-24(20(3)19(18)2)13-14-26-25(27)15-16-29-28(26)23-11-9-22(10-12-23)21-7-5-4-6-8-21/h4-17H,1-3H3. The van der Waals surface area contributed by atoms with Gasteiger partial charge in [0.05, 0.1) is 5.69 Å². The molecule has 0 spiro atoms. The topological polar surface area (TPSA) is 12.9 Å². The van der Waals surface area contributed by atoms with Gasteiger partial charge in [0.15, 0.2) is 0 Å². The Bertz CT molecular complexity index is 1350. The molecule has 0 fully saturated rings. The smallest absolute Gasteiger partial charge is 0.0780 e. The Balaban J connectivity index is 1.69. The average Bonchev–Trinajstić information content (AvgIpc) is 2.78. The molecule has 5 rings (SSSR count). The number of fused-ring (bicyclic) bond motifs is 3. The molecule has 0 unspecified atom stereocenters. The van der Waals surface area contributed by atoms with E-state index in [0.717, 1.165) is 11.3 Å². The predicted octanol–water partition coefficient (Wildman–Crippen LogP) is 7.65. The first-order chi connectivity index (χ1) is 14.1. The van der Waals surface area contributed by atoms with Crippen molar-refractivity contribution in [2.24, 2.45) is 0 Å². The monoisotopic (exact) mass is 373 g/mol. The number of rotatable bonds is 2. The van der Waals surface area contributed by atoms with E-state index < -0.39 is 0 Å². The van der Waals surface area contributed by atoms with E-state index in [0.29, 0.717) is 0 Å². The molecule has 0 aliphatic heterocycles. The second-order valence-corrected chi connectivity index (χ2v) is 7.80. The molecule has 1 aromatic heterocycles. The van der Waals surface area contributed by atoms with Crippen LogP contribution in [0.4, 0.5) is 0 Å². The molecule has 4 aromatic carbocycles. The quantitative estimate of drug-likeness (QED) is 0.290. The lowest BCUT2D eigenvalue weighted by Crippen LogP contribution is -1.92. The number of benzene rings is 4. The van der Waals surface area contributed by atoms with Crippen molar-refractivity contribution in [1.29, 1.82) is 0 Å². The van der Waals surface area contributed by atoms with Crippen LogP contribution in [-0.4, -0.2) is 4.98 Å². The fourth-order valence-corrected chi connectivity index (χ4v) is 4.26. The molecule has 0 aliphatic carbocycles. The molecule has 0 aliphatic rings. The van der Waals surface area contributed by atoms with Gasteiger partial charge in [0, 0.05) is 17.1 Å². The Labute approximate surface area is 171 Å². The lowest BCUT2D eigenvalue weighted by atomic mass is 9.92. The van der Waals surface area contributed by atoms with Crippen molar-refractivity contribution in [2.75, 3.05) is 0 Å². The van der Waals surface area contributed by atoms with E-state index in [2.05, 4.69) is 93.6 Å². The van der Waals surface area contributed by atoms with E-state index in [1.54, 1.807) is 0 Å². The maximum absolute atomic E-state index is 4.75. The van der Waals surface area contributed by atoms with Gasteiger partial charge >= 0.3 is 0 Å². The minimum Gasteiger partial charge on any atom is -0.256 e. The Morgan fingerprint density at radius 3 is 1.93 bits per heavy atom. The van der Waals surface area contributed by atoms with Crippen LogP contribution in [0, 0.1) is 20.8 Å². The second-order valence-electron chi connectivity index (χ2n) is 7.80. The van der Waals surface area contributed by atoms with Crippen LogP contribution in [0.25, 0.3) is 43.9 Å². The normalized spacial score (nSPS) is 11.3. The minimum absolute atomic E-state index is 1.04. The van der Waals surface area contributed by atoms with Gasteiger partial charge in [-0.3, -0.25) is 4.98 Å². The summed E-state index contributed by atoms with van der Waals surface area (Å²) < 4.78 is 0. The summed E-state index contributed by atoms with van der Waals surface area (Å²) in [6.07, 6.45) is 1.94. The zero-order chi connectivity index (χ0) is 20.0. The van der Waals surface area contributed by atoms with Crippen molar-refractivity contribution in [3.8, 4) is 22.4 Å². The number of hydrogen-bond donors (Lipinski definition) is 0. The summed E-state index contributed by atoms with van der Waals surface area (Å²) in [7, 11) is 0. The lowest BCUT2D eigenvalue weighted by molar-refractivity contribution is 1.30. The minimum atomic E-state index is 1.04. The molecule has 5 aromatic rings. The number of nitrogens with zero attached hydrogens (tertiary/aromatic N) is 1. The number of aromatic nitrogens is 1. The molecule has 0 saturated carbocycles. The highest BCUT2D eigenvalue weighted by Gasteiger charge is 2.11. The van der Waals surface area contributed by atoms with Crippen LogP contribution in [0.2, 0.25) is 0 Å². The van der Waals surface area contributed by atoms with E-state index in [1.807, 2.05) is 12.3 Å². The van der Waals surface area contributed by atoms with Crippen LogP contribution >= 0.6 is 0 Å². The van der Waals surface area contributed by atoms with Crippen molar-refractivity contribution < 1.29 is 0 Å². The van der Waals surface area contributed by atoms with Crippen LogP contribution in [0.5, 0.6) is 0 Å². The first kappa shape index (κ1) is 17.6. The van der Waals surface area contributed by atoms with Gasteiger partial charge in [-0.05, 0) is 70.8 Å². The van der Waals surface area contributed by atoms with Gasteiger partial charge in [0.25, 0.3) is 0 Å².